The standard InChI is InChI=1S/C14H22N4O3/c1-12(2)18(11-14(20)21-3)10-13(19)17(8-4-6-15)9-5-7-16/h12H,4-5,8-11H2,1-3H3. The van der Waals surface area contributed by atoms with Crippen molar-refractivity contribution in [3.63, 3.8) is 0 Å². The molecule has 0 aliphatic carbocycles. The fourth-order valence-corrected chi connectivity index (χ4v) is 1.66. The zero-order valence-electron chi connectivity index (χ0n) is 12.8. The molecule has 0 saturated carbocycles. The predicted molar refractivity (Wildman–Crippen MR) is 75.8 cm³/mol. The second-order valence-corrected chi connectivity index (χ2v) is 4.77. The van der Waals surface area contributed by atoms with Crippen LogP contribution in [0.2, 0.25) is 0 Å². The van der Waals surface area contributed by atoms with E-state index in [2.05, 4.69) is 4.74 Å². The molecular weight excluding hydrogens is 272 g/mol. The van der Waals surface area contributed by atoms with Gasteiger partial charge in [0.25, 0.3) is 0 Å². The number of esters is 1. The molecule has 0 unspecified atom stereocenters. The Balaban J connectivity index is 4.69. The van der Waals surface area contributed by atoms with E-state index in [-0.39, 0.29) is 37.9 Å². The van der Waals surface area contributed by atoms with Crippen molar-refractivity contribution in [2.45, 2.75) is 32.7 Å². The number of rotatable bonds is 9. The third kappa shape index (κ3) is 7.91. The summed E-state index contributed by atoms with van der Waals surface area (Å²) in [5, 5.41) is 17.2. The molecule has 0 N–H and O–H groups in total. The summed E-state index contributed by atoms with van der Waals surface area (Å²) >= 11 is 0. The quantitative estimate of drug-likeness (QED) is 0.575. The topological polar surface area (TPSA) is 97.4 Å². The molecule has 0 aliphatic rings. The molecule has 0 saturated heterocycles. The molecule has 0 aromatic carbocycles. The molecule has 116 valence electrons. The summed E-state index contributed by atoms with van der Waals surface area (Å²) in [6, 6.07) is 3.97. The molecule has 0 radical (unpaired) electrons. The minimum atomic E-state index is -0.405. The van der Waals surface area contributed by atoms with Gasteiger partial charge in [-0.05, 0) is 13.8 Å². The van der Waals surface area contributed by atoms with Gasteiger partial charge in [0.2, 0.25) is 5.91 Å². The SMILES string of the molecule is COC(=O)CN(CC(=O)N(CCC#N)CCC#N)C(C)C. The normalized spacial score (nSPS) is 10.0. The van der Waals surface area contributed by atoms with E-state index in [9.17, 15) is 9.59 Å². The molecule has 0 bridgehead atoms. The third-order valence-electron chi connectivity index (χ3n) is 2.97. The summed E-state index contributed by atoms with van der Waals surface area (Å²) in [6.45, 7) is 4.44. The molecule has 0 fully saturated rings. The van der Waals surface area contributed by atoms with Gasteiger partial charge in [0, 0.05) is 19.1 Å². The first-order valence-corrected chi connectivity index (χ1v) is 6.78. The highest BCUT2D eigenvalue weighted by Gasteiger charge is 2.21. The molecule has 7 nitrogen and oxygen atoms in total. The number of carbonyl (C=O) groups excluding carboxylic acids is 2. The van der Waals surface area contributed by atoms with E-state index in [1.807, 2.05) is 26.0 Å². The number of hydrogen-bond donors (Lipinski definition) is 0. The van der Waals surface area contributed by atoms with Crippen LogP contribution in [-0.4, -0.2) is 61.0 Å². The minimum absolute atomic E-state index is 0.00170. The van der Waals surface area contributed by atoms with Crippen LogP contribution in [-0.2, 0) is 14.3 Å². The van der Waals surface area contributed by atoms with Gasteiger partial charge in [-0.15, -0.1) is 0 Å². The number of ether oxygens (including phenoxy) is 1. The molecule has 0 heterocycles. The average Bonchev–Trinajstić information content (AvgIpc) is 2.46. The summed E-state index contributed by atoms with van der Waals surface area (Å²) in [4.78, 5) is 26.8. The number of carbonyl (C=O) groups is 2. The van der Waals surface area contributed by atoms with Crippen molar-refractivity contribution in [2.24, 2.45) is 0 Å². The Hall–Kier alpha value is -2.12. The maximum Gasteiger partial charge on any atom is 0.319 e. The largest absolute Gasteiger partial charge is 0.468 e. The Morgan fingerprint density at radius 3 is 2.00 bits per heavy atom. The second kappa shape index (κ2) is 10.6. The van der Waals surface area contributed by atoms with E-state index in [4.69, 9.17) is 10.5 Å². The maximum absolute atomic E-state index is 12.3. The maximum atomic E-state index is 12.3. The average molecular weight is 294 g/mol. The number of nitriles is 2. The van der Waals surface area contributed by atoms with E-state index in [0.29, 0.717) is 13.1 Å². The van der Waals surface area contributed by atoms with Gasteiger partial charge in [0.05, 0.1) is 45.2 Å². The van der Waals surface area contributed by atoms with Crippen LogP contribution in [0.15, 0.2) is 0 Å². The molecule has 1 amide bonds. The van der Waals surface area contributed by atoms with Gasteiger partial charge < -0.3 is 9.64 Å². The van der Waals surface area contributed by atoms with Crippen LogP contribution >= 0.6 is 0 Å². The monoisotopic (exact) mass is 294 g/mol. The molecule has 0 aromatic rings. The number of methoxy groups -OCH3 is 1. The van der Waals surface area contributed by atoms with Crippen molar-refractivity contribution in [1.82, 2.24) is 9.80 Å². The molecule has 0 rings (SSSR count). The Morgan fingerprint density at radius 1 is 1.10 bits per heavy atom. The number of nitrogens with zero attached hydrogens (tertiary/aromatic N) is 4. The summed E-state index contributed by atoms with van der Waals surface area (Å²) in [5.41, 5.74) is 0. The van der Waals surface area contributed by atoms with Crippen LogP contribution in [0.3, 0.4) is 0 Å². The highest BCUT2D eigenvalue weighted by molar-refractivity contribution is 5.79. The summed E-state index contributed by atoms with van der Waals surface area (Å²) < 4.78 is 4.61. The number of hydrogen-bond acceptors (Lipinski definition) is 6. The highest BCUT2D eigenvalue weighted by atomic mass is 16.5. The van der Waals surface area contributed by atoms with E-state index in [1.165, 1.54) is 12.0 Å². The fourth-order valence-electron chi connectivity index (χ4n) is 1.66. The lowest BCUT2D eigenvalue weighted by Gasteiger charge is -2.28. The Labute approximate surface area is 125 Å². The fraction of sp³-hybridized carbons (Fsp3) is 0.714. The van der Waals surface area contributed by atoms with Crippen molar-refractivity contribution in [3.05, 3.63) is 0 Å². The zero-order valence-corrected chi connectivity index (χ0v) is 12.8. The van der Waals surface area contributed by atoms with Crippen LogP contribution in [0.5, 0.6) is 0 Å². The first-order chi connectivity index (χ1) is 9.96. The Bertz CT molecular complexity index is 405. The first-order valence-electron chi connectivity index (χ1n) is 6.78. The van der Waals surface area contributed by atoms with Gasteiger partial charge in [-0.3, -0.25) is 14.5 Å². The Kier molecular flexibility index (Phi) is 9.57. The number of amides is 1. The molecular formula is C14H22N4O3. The van der Waals surface area contributed by atoms with Crippen LogP contribution in [0.25, 0.3) is 0 Å². The van der Waals surface area contributed by atoms with E-state index in [0.717, 1.165) is 0 Å². The van der Waals surface area contributed by atoms with Crippen LogP contribution in [0.4, 0.5) is 0 Å². The van der Waals surface area contributed by atoms with Gasteiger partial charge in [0.1, 0.15) is 0 Å². The second-order valence-electron chi connectivity index (χ2n) is 4.77. The van der Waals surface area contributed by atoms with E-state index in [1.54, 1.807) is 4.90 Å². The molecule has 0 spiro atoms. The zero-order chi connectivity index (χ0) is 16.3. The molecule has 0 aromatic heterocycles. The Morgan fingerprint density at radius 2 is 1.62 bits per heavy atom. The molecule has 0 aliphatic heterocycles. The first kappa shape index (κ1) is 18.9. The van der Waals surface area contributed by atoms with Gasteiger partial charge >= 0.3 is 5.97 Å². The summed E-state index contributed by atoms with van der Waals surface area (Å²) in [5.74, 6) is -0.602. The van der Waals surface area contributed by atoms with Crippen LogP contribution in [0.1, 0.15) is 26.7 Å². The van der Waals surface area contributed by atoms with Crippen LogP contribution < -0.4 is 0 Å². The van der Waals surface area contributed by atoms with Crippen molar-refractivity contribution in [1.29, 1.82) is 10.5 Å². The summed E-state index contributed by atoms with van der Waals surface area (Å²) in [7, 11) is 1.30. The van der Waals surface area contributed by atoms with Gasteiger partial charge in [0.15, 0.2) is 0 Å². The lowest BCUT2D eigenvalue weighted by molar-refractivity contribution is -0.143. The van der Waals surface area contributed by atoms with Crippen molar-refractivity contribution in [3.8, 4) is 12.1 Å². The van der Waals surface area contributed by atoms with Crippen LogP contribution in [0, 0.1) is 22.7 Å². The summed E-state index contributed by atoms with van der Waals surface area (Å²) in [6.07, 6.45) is 0.436. The lowest BCUT2D eigenvalue weighted by atomic mass is 10.2. The van der Waals surface area contributed by atoms with Crippen molar-refractivity contribution >= 4 is 11.9 Å². The highest BCUT2D eigenvalue weighted by Crippen LogP contribution is 2.03. The lowest BCUT2D eigenvalue weighted by Crippen LogP contribution is -2.45. The van der Waals surface area contributed by atoms with E-state index >= 15 is 0 Å². The third-order valence-corrected chi connectivity index (χ3v) is 2.97. The molecule has 21 heavy (non-hydrogen) atoms. The smallest absolute Gasteiger partial charge is 0.319 e. The predicted octanol–water partition coefficient (Wildman–Crippen LogP) is 0.526. The van der Waals surface area contributed by atoms with Crippen molar-refractivity contribution < 1.29 is 14.3 Å². The molecule has 0 atom stereocenters. The van der Waals surface area contributed by atoms with Crippen molar-refractivity contribution in [2.75, 3.05) is 33.3 Å². The van der Waals surface area contributed by atoms with E-state index < -0.39 is 5.97 Å². The van der Waals surface area contributed by atoms with Gasteiger partial charge in [-0.2, -0.15) is 10.5 Å². The molecule has 7 heteroatoms. The van der Waals surface area contributed by atoms with Gasteiger partial charge in [-0.1, -0.05) is 0 Å². The van der Waals surface area contributed by atoms with Gasteiger partial charge in [-0.25, -0.2) is 0 Å². The minimum Gasteiger partial charge on any atom is -0.468 e.